The van der Waals surface area contributed by atoms with Gasteiger partial charge in [0.25, 0.3) is 5.91 Å². The van der Waals surface area contributed by atoms with Crippen molar-refractivity contribution in [3.05, 3.63) is 45.8 Å². The molecule has 4 nitrogen and oxygen atoms in total. The molecular weight excluding hydrogens is 282 g/mol. The standard InChI is InChI=1S/C16H21N3OS/c1-4-13-10-12(11-15(17-2)18-13)16(20)19(3)8-7-14-6-5-9-21-14/h5-6,9-11H,4,7-8H2,1-3H3,(H,17,18). The van der Waals surface area contributed by atoms with Crippen LogP contribution in [-0.2, 0) is 12.8 Å². The van der Waals surface area contributed by atoms with Gasteiger partial charge in [-0.15, -0.1) is 11.3 Å². The van der Waals surface area contributed by atoms with Crippen molar-refractivity contribution in [2.45, 2.75) is 19.8 Å². The lowest BCUT2D eigenvalue weighted by molar-refractivity contribution is 0.0796. The third-order valence-corrected chi connectivity index (χ3v) is 4.30. The van der Waals surface area contributed by atoms with Crippen molar-refractivity contribution in [3.8, 4) is 0 Å². The minimum absolute atomic E-state index is 0.0418. The number of nitrogens with one attached hydrogen (secondary N) is 1. The summed E-state index contributed by atoms with van der Waals surface area (Å²) in [5.41, 5.74) is 1.62. The Bertz CT molecular complexity index is 573. The summed E-state index contributed by atoms with van der Waals surface area (Å²) in [6.45, 7) is 2.76. The fourth-order valence-electron chi connectivity index (χ4n) is 2.08. The number of amides is 1. The van der Waals surface area contributed by atoms with Crippen LogP contribution in [0.1, 0.15) is 27.9 Å². The highest BCUT2D eigenvalue weighted by molar-refractivity contribution is 7.09. The second-order valence-electron chi connectivity index (χ2n) is 4.89. The summed E-state index contributed by atoms with van der Waals surface area (Å²) in [5, 5.41) is 5.07. The number of aromatic nitrogens is 1. The molecule has 0 saturated carbocycles. The minimum atomic E-state index is 0.0418. The number of pyridine rings is 1. The van der Waals surface area contributed by atoms with Gasteiger partial charge < -0.3 is 10.2 Å². The summed E-state index contributed by atoms with van der Waals surface area (Å²) in [5.74, 6) is 0.782. The first-order valence-corrected chi connectivity index (χ1v) is 7.98. The Kier molecular flexibility index (Phi) is 5.33. The molecule has 2 heterocycles. The van der Waals surface area contributed by atoms with E-state index in [0.29, 0.717) is 5.56 Å². The number of thiophene rings is 1. The van der Waals surface area contributed by atoms with Crippen molar-refractivity contribution < 1.29 is 4.79 Å². The first kappa shape index (κ1) is 15.5. The molecule has 0 aliphatic heterocycles. The molecule has 0 atom stereocenters. The molecule has 1 N–H and O–H groups in total. The zero-order valence-corrected chi connectivity index (χ0v) is 13.5. The molecule has 112 valence electrons. The second-order valence-corrected chi connectivity index (χ2v) is 5.92. The molecule has 1 amide bonds. The number of likely N-dealkylation sites (N-methyl/N-ethyl adjacent to an activating group) is 1. The second kappa shape index (κ2) is 7.22. The third kappa shape index (κ3) is 4.04. The number of hydrogen-bond donors (Lipinski definition) is 1. The van der Waals surface area contributed by atoms with Gasteiger partial charge in [-0.1, -0.05) is 13.0 Å². The van der Waals surface area contributed by atoms with Crippen LogP contribution in [0.25, 0.3) is 0 Å². The van der Waals surface area contributed by atoms with Gasteiger partial charge in [0.1, 0.15) is 5.82 Å². The van der Waals surface area contributed by atoms with E-state index in [2.05, 4.69) is 21.7 Å². The monoisotopic (exact) mass is 303 g/mol. The zero-order chi connectivity index (χ0) is 15.2. The normalized spacial score (nSPS) is 10.4. The Morgan fingerprint density at radius 2 is 2.24 bits per heavy atom. The number of rotatable bonds is 6. The van der Waals surface area contributed by atoms with Crippen LogP contribution in [0.5, 0.6) is 0 Å². The predicted molar refractivity (Wildman–Crippen MR) is 88.1 cm³/mol. The lowest BCUT2D eigenvalue weighted by Gasteiger charge is -2.17. The van der Waals surface area contributed by atoms with Crippen LogP contribution >= 0.6 is 11.3 Å². The molecule has 21 heavy (non-hydrogen) atoms. The summed E-state index contributed by atoms with van der Waals surface area (Å²) < 4.78 is 0. The van der Waals surface area contributed by atoms with Crippen molar-refractivity contribution in [1.29, 1.82) is 0 Å². The summed E-state index contributed by atoms with van der Waals surface area (Å²) in [6, 6.07) is 7.83. The van der Waals surface area contributed by atoms with E-state index in [9.17, 15) is 4.79 Å². The predicted octanol–water partition coefficient (Wildman–Crippen LogP) is 3.06. The van der Waals surface area contributed by atoms with Crippen molar-refractivity contribution in [1.82, 2.24) is 9.88 Å². The minimum Gasteiger partial charge on any atom is -0.373 e. The molecule has 0 radical (unpaired) electrons. The average molecular weight is 303 g/mol. The molecule has 0 spiro atoms. The van der Waals surface area contributed by atoms with E-state index < -0.39 is 0 Å². The van der Waals surface area contributed by atoms with Gasteiger partial charge in [-0.2, -0.15) is 0 Å². The van der Waals surface area contributed by atoms with Crippen molar-refractivity contribution in [3.63, 3.8) is 0 Å². The van der Waals surface area contributed by atoms with Crippen molar-refractivity contribution in [2.75, 3.05) is 26.0 Å². The lowest BCUT2D eigenvalue weighted by atomic mass is 10.1. The first-order chi connectivity index (χ1) is 10.1. The molecule has 2 aromatic heterocycles. The molecule has 0 bridgehead atoms. The summed E-state index contributed by atoms with van der Waals surface area (Å²) in [6.07, 6.45) is 1.71. The van der Waals surface area contributed by atoms with E-state index in [0.717, 1.165) is 30.9 Å². The van der Waals surface area contributed by atoms with Gasteiger partial charge in [0.15, 0.2) is 0 Å². The smallest absolute Gasteiger partial charge is 0.253 e. The van der Waals surface area contributed by atoms with Crippen LogP contribution in [0, 0.1) is 0 Å². The van der Waals surface area contributed by atoms with Gasteiger partial charge >= 0.3 is 0 Å². The Morgan fingerprint density at radius 1 is 1.43 bits per heavy atom. The van der Waals surface area contributed by atoms with Gasteiger partial charge in [0, 0.05) is 36.8 Å². The van der Waals surface area contributed by atoms with E-state index in [4.69, 9.17) is 0 Å². The number of nitrogens with zero attached hydrogens (tertiary/aromatic N) is 2. The number of hydrogen-bond acceptors (Lipinski definition) is 4. The fraction of sp³-hybridized carbons (Fsp3) is 0.375. The van der Waals surface area contributed by atoms with Crippen LogP contribution < -0.4 is 5.32 Å². The van der Waals surface area contributed by atoms with E-state index in [1.807, 2.05) is 39.2 Å². The zero-order valence-electron chi connectivity index (χ0n) is 12.7. The lowest BCUT2D eigenvalue weighted by Crippen LogP contribution is -2.29. The maximum absolute atomic E-state index is 12.5. The highest BCUT2D eigenvalue weighted by atomic mass is 32.1. The number of aryl methyl sites for hydroxylation is 1. The number of carbonyl (C=O) groups is 1. The Hall–Kier alpha value is -1.88. The van der Waals surface area contributed by atoms with Crippen LogP contribution in [0.15, 0.2) is 29.6 Å². The molecule has 0 aliphatic carbocycles. The molecule has 0 aromatic carbocycles. The maximum Gasteiger partial charge on any atom is 0.253 e. The van der Waals surface area contributed by atoms with E-state index in [1.54, 1.807) is 16.2 Å². The maximum atomic E-state index is 12.5. The summed E-state index contributed by atoms with van der Waals surface area (Å²) >= 11 is 1.73. The molecule has 0 fully saturated rings. The van der Waals surface area contributed by atoms with Crippen molar-refractivity contribution >= 4 is 23.1 Å². The van der Waals surface area contributed by atoms with E-state index in [1.165, 1.54) is 4.88 Å². The Morgan fingerprint density at radius 3 is 2.86 bits per heavy atom. The Labute approximate surface area is 129 Å². The van der Waals surface area contributed by atoms with Gasteiger partial charge in [0.05, 0.1) is 0 Å². The quantitative estimate of drug-likeness (QED) is 0.892. The van der Waals surface area contributed by atoms with Crippen LogP contribution in [-0.4, -0.2) is 36.4 Å². The number of anilines is 1. The largest absolute Gasteiger partial charge is 0.373 e. The van der Waals surface area contributed by atoms with E-state index in [-0.39, 0.29) is 5.91 Å². The van der Waals surface area contributed by atoms with Crippen molar-refractivity contribution in [2.24, 2.45) is 0 Å². The highest BCUT2D eigenvalue weighted by Crippen LogP contribution is 2.14. The molecule has 2 rings (SSSR count). The molecular formula is C16H21N3OS. The SMILES string of the molecule is CCc1cc(C(=O)N(C)CCc2cccs2)cc(NC)n1. The van der Waals surface area contributed by atoms with Gasteiger partial charge in [-0.3, -0.25) is 4.79 Å². The average Bonchev–Trinajstić information content (AvgIpc) is 3.04. The topological polar surface area (TPSA) is 45.2 Å². The molecule has 0 aliphatic rings. The van der Waals surface area contributed by atoms with E-state index >= 15 is 0 Å². The number of carbonyl (C=O) groups excluding carboxylic acids is 1. The molecule has 2 aromatic rings. The Balaban J connectivity index is 2.07. The summed E-state index contributed by atoms with van der Waals surface area (Å²) in [7, 11) is 3.66. The van der Waals surface area contributed by atoms with Crippen LogP contribution in [0.3, 0.4) is 0 Å². The highest BCUT2D eigenvalue weighted by Gasteiger charge is 2.14. The third-order valence-electron chi connectivity index (χ3n) is 3.36. The van der Waals surface area contributed by atoms with Gasteiger partial charge in [-0.05, 0) is 36.4 Å². The van der Waals surface area contributed by atoms with Crippen LogP contribution in [0.4, 0.5) is 5.82 Å². The first-order valence-electron chi connectivity index (χ1n) is 7.10. The fourth-order valence-corrected chi connectivity index (χ4v) is 2.77. The molecule has 5 heteroatoms. The van der Waals surface area contributed by atoms with Crippen LogP contribution in [0.2, 0.25) is 0 Å². The molecule has 0 saturated heterocycles. The van der Waals surface area contributed by atoms with Gasteiger partial charge in [0.2, 0.25) is 0 Å². The molecule has 0 unspecified atom stereocenters. The summed E-state index contributed by atoms with van der Waals surface area (Å²) in [4.78, 5) is 20.0. The van der Waals surface area contributed by atoms with Gasteiger partial charge in [-0.25, -0.2) is 4.98 Å².